The lowest BCUT2D eigenvalue weighted by Gasteiger charge is -2.49. The third-order valence-electron chi connectivity index (χ3n) is 3.35. The highest BCUT2D eigenvalue weighted by Gasteiger charge is 2.45. The van der Waals surface area contributed by atoms with Crippen LogP contribution in [0.25, 0.3) is 0 Å². The van der Waals surface area contributed by atoms with Gasteiger partial charge in [0.25, 0.3) is 0 Å². The quantitative estimate of drug-likeness (QED) is 0.805. The van der Waals surface area contributed by atoms with Crippen molar-refractivity contribution in [3.63, 3.8) is 0 Å². The molecule has 1 saturated heterocycles. The maximum absolute atomic E-state index is 4.14. The Morgan fingerprint density at radius 2 is 2.38 bits per heavy atom. The van der Waals surface area contributed by atoms with Crippen LogP contribution in [0.15, 0.2) is 5.38 Å². The summed E-state index contributed by atoms with van der Waals surface area (Å²) in [5.74, 6) is 0. The van der Waals surface area contributed by atoms with Gasteiger partial charge in [0.1, 0.15) is 0 Å². The Morgan fingerprint density at radius 1 is 1.62 bits per heavy atom. The van der Waals surface area contributed by atoms with E-state index >= 15 is 0 Å². The molecule has 1 fully saturated rings. The van der Waals surface area contributed by atoms with E-state index in [4.69, 9.17) is 0 Å². The van der Waals surface area contributed by atoms with Crippen molar-refractivity contribution < 1.29 is 0 Å². The Kier molecular flexibility index (Phi) is 2.34. The van der Waals surface area contributed by atoms with E-state index in [2.05, 4.69) is 34.1 Å². The summed E-state index contributed by atoms with van der Waals surface area (Å²) < 4.78 is 3.91. The number of aromatic nitrogens is 2. The van der Waals surface area contributed by atoms with Crippen LogP contribution in [-0.4, -0.2) is 16.1 Å². The first kappa shape index (κ1) is 9.09. The molecule has 3 nitrogen and oxygen atoms in total. The molecule has 1 atom stereocenters. The van der Waals surface area contributed by atoms with E-state index in [1.807, 2.05) is 0 Å². The molecular weight excluding hydrogens is 182 g/mol. The molecule has 4 heteroatoms. The van der Waals surface area contributed by atoms with Crippen molar-refractivity contribution >= 4 is 11.5 Å². The van der Waals surface area contributed by atoms with Crippen LogP contribution in [0, 0.1) is 5.41 Å². The molecule has 1 aromatic rings. The first-order valence-electron chi connectivity index (χ1n) is 4.83. The lowest BCUT2D eigenvalue weighted by molar-refractivity contribution is 0.0679. The third-order valence-corrected chi connectivity index (χ3v) is 3.87. The average Bonchev–Trinajstić information content (AvgIpc) is 2.58. The van der Waals surface area contributed by atoms with Gasteiger partial charge in [0.15, 0.2) is 0 Å². The zero-order valence-corrected chi connectivity index (χ0v) is 8.90. The van der Waals surface area contributed by atoms with Gasteiger partial charge in [-0.05, 0) is 24.4 Å². The van der Waals surface area contributed by atoms with Crippen LogP contribution < -0.4 is 5.32 Å². The van der Waals surface area contributed by atoms with Gasteiger partial charge < -0.3 is 5.32 Å². The minimum absolute atomic E-state index is 0.440. The van der Waals surface area contributed by atoms with Crippen LogP contribution in [-0.2, 0) is 0 Å². The zero-order valence-electron chi connectivity index (χ0n) is 8.08. The molecular formula is C9H15N3S. The number of hydrogen-bond acceptors (Lipinski definition) is 4. The summed E-state index contributed by atoms with van der Waals surface area (Å²) in [5, 5.41) is 9.63. The summed E-state index contributed by atoms with van der Waals surface area (Å²) in [7, 11) is 0. The summed E-state index contributed by atoms with van der Waals surface area (Å²) in [4.78, 5) is 0. The van der Waals surface area contributed by atoms with Crippen molar-refractivity contribution in [2.24, 2.45) is 5.41 Å². The first-order chi connectivity index (χ1) is 6.32. The van der Waals surface area contributed by atoms with Gasteiger partial charge in [0.05, 0.1) is 11.7 Å². The van der Waals surface area contributed by atoms with Crippen molar-refractivity contribution in [1.29, 1.82) is 0 Å². The smallest absolute Gasteiger partial charge is 0.0930 e. The van der Waals surface area contributed by atoms with Crippen LogP contribution in [0.2, 0.25) is 0 Å². The lowest BCUT2D eigenvalue weighted by Crippen LogP contribution is -2.55. The second-order valence-corrected chi connectivity index (χ2v) is 4.32. The summed E-state index contributed by atoms with van der Waals surface area (Å²) in [6.07, 6.45) is 2.44. The zero-order chi connectivity index (χ0) is 9.31. The van der Waals surface area contributed by atoms with Crippen molar-refractivity contribution in [2.75, 3.05) is 6.54 Å². The van der Waals surface area contributed by atoms with Gasteiger partial charge in [-0.2, -0.15) is 0 Å². The molecule has 0 saturated carbocycles. The van der Waals surface area contributed by atoms with Crippen LogP contribution in [0.3, 0.4) is 0 Å². The maximum Gasteiger partial charge on any atom is 0.0930 e. The standard InChI is InChI=1S/C9H15N3S/c1-3-9(4-2)6-10-8(9)7-5-13-12-11-7/h5,8,10H,3-4,6H2,1-2H3. The van der Waals surface area contributed by atoms with Crippen molar-refractivity contribution in [2.45, 2.75) is 32.7 Å². The molecule has 0 aliphatic carbocycles. The molecule has 72 valence electrons. The van der Waals surface area contributed by atoms with E-state index in [9.17, 15) is 0 Å². The average molecular weight is 197 g/mol. The predicted molar refractivity (Wildman–Crippen MR) is 53.7 cm³/mol. The highest BCUT2D eigenvalue weighted by Crippen LogP contribution is 2.45. The van der Waals surface area contributed by atoms with Crippen molar-refractivity contribution in [3.05, 3.63) is 11.1 Å². The minimum atomic E-state index is 0.440. The molecule has 2 heterocycles. The summed E-state index contributed by atoms with van der Waals surface area (Å²) in [6, 6.07) is 0.446. The molecule has 0 bridgehead atoms. The molecule has 13 heavy (non-hydrogen) atoms. The lowest BCUT2D eigenvalue weighted by atomic mass is 9.68. The maximum atomic E-state index is 4.14. The summed E-state index contributed by atoms with van der Waals surface area (Å²) in [5.41, 5.74) is 1.57. The Bertz CT molecular complexity index is 261. The van der Waals surface area contributed by atoms with E-state index in [1.165, 1.54) is 24.4 Å². The molecule has 0 spiro atoms. The van der Waals surface area contributed by atoms with Crippen LogP contribution in [0.5, 0.6) is 0 Å². The fraction of sp³-hybridized carbons (Fsp3) is 0.778. The second kappa shape index (κ2) is 3.35. The largest absolute Gasteiger partial charge is 0.307 e. The molecule has 1 N–H and O–H groups in total. The highest BCUT2D eigenvalue weighted by molar-refractivity contribution is 7.03. The molecule has 1 aliphatic heterocycles. The fourth-order valence-electron chi connectivity index (χ4n) is 2.12. The third kappa shape index (κ3) is 1.28. The molecule has 1 unspecified atom stereocenters. The van der Waals surface area contributed by atoms with E-state index in [0.29, 0.717) is 11.5 Å². The van der Waals surface area contributed by atoms with Gasteiger partial charge in [0, 0.05) is 17.3 Å². The monoisotopic (exact) mass is 197 g/mol. The number of rotatable bonds is 3. The Balaban J connectivity index is 2.18. The van der Waals surface area contributed by atoms with Crippen molar-refractivity contribution in [1.82, 2.24) is 14.9 Å². The molecule has 0 aromatic carbocycles. The Morgan fingerprint density at radius 3 is 2.77 bits per heavy atom. The van der Waals surface area contributed by atoms with Gasteiger partial charge in [-0.1, -0.05) is 18.3 Å². The van der Waals surface area contributed by atoms with Gasteiger partial charge in [-0.15, -0.1) is 5.10 Å². The minimum Gasteiger partial charge on any atom is -0.307 e. The van der Waals surface area contributed by atoms with Crippen LogP contribution >= 0.6 is 11.5 Å². The van der Waals surface area contributed by atoms with Gasteiger partial charge in [-0.25, -0.2) is 0 Å². The SMILES string of the molecule is CCC1(CC)CNC1c1csnn1. The van der Waals surface area contributed by atoms with Gasteiger partial charge in [0.2, 0.25) is 0 Å². The van der Waals surface area contributed by atoms with E-state index in [-0.39, 0.29) is 0 Å². The predicted octanol–water partition coefficient (Wildman–Crippen LogP) is 1.99. The molecule has 0 amide bonds. The van der Waals surface area contributed by atoms with E-state index in [1.54, 1.807) is 0 Å². The number of hydrogen-bond donors (Lipinski definition) is 1. The molecule has 0 radical (unpaired) electrons. The second-order valence-electron chi connectivity index (χ2n) is 3.71. The fourth-order valence-corrected chi connectivity index (χ4v) is 2.60. The van der Waals surface area contributed by atoms with Gasteiger partial charge >= 0.3 is 0 Å². The summed E-state index contributed by atoms with van der Waals surface area (Å²) >= 11 is 1.44. The molecule has 2 rings (SSSR count). The van der Waals surface area contributed by atoms with Gasteiger partial charge in [-0.3, -0.25) is 0 Å². The number of nitrogens with one attached hydrogen (secondary N) is 1. The van der Waals surface area contributed by atoms with Crippen molar-refractivity contribution in [3.8, 4) is 0 Å². The highest BCUT2D eigenvalue weighted by atomic mass is 32.1. The number of nitrogens with zero attached hydrogens (tertiary/aromatic N) is 2. The normalized spacial score (nSPS) is 25.5. The van der Waals surface area contributed by atoms with E-state index < -0.39 is 0 Å². The Labute approximate surface area is 82.7 Å². The first-order valence-corrected chi connectivity index (χ1v) is 5.66. The van der Waals surface area contributed by atoms with E-state index in [0.717, 1.165) is 12.2 Å². The molecule has 1 aliphatic rings. The van der Waals surface area contributed by atoms with Crippen LogP contribution in [0.1, 0.15) is 38.4 Å². The Hall–Kier alpha value is -0.480. The molecule has 1 aromatic heterocycles. The topological polar surface area (TPSA) is 37.8 Å². The van der Waals surface area contributed by atoms with Crippen LogP contribution in [0.4, 0.5) is 0 Å². The summed E-state index contributed by atoms with van der Waals surface area (Å²) in [6.45, 7) is 5.65.